The Labute approximate surface area is 129 Å². The number of rotatable bonds is 6. The van der Waals surface area contributed by atoms with Crippen LogP contribution in [-0.2, 0) is 13.0 Å². The molecule has 0 heterocycles. The van der Waals surface area contributed by atoms with E-state index in [0.717, 1.165) is 29.4 Å². The summed E-state index contributed by atoms with van der Waals surface area (Å²) in [6.45, 7) is 1.61. The van der Waals surface area contributed by atoms with Crippen molar-refractivity contribution in [2.75, 3.05) is 18.5 Å². The summed E-state index contributed by atoms with van der Waals surface area (Å²) in [5.74, 6) is 0. The van der Waals surface area contributed by atoms with Crippen molar-refractivity contribution >= 4 is 21.6 Å². The highest BCUT2D eigenvalue weighted by atomic mass is 79.9. The molecular weight excluding hydrogens is 312 g/mol. The van der Waals surface area contributed by atoms with Gasteiger partial charge in [-0.25, -0.2) is 0 Å². The van der Waals surface area contributed by atoms with Crippen LogP contribution in [0.1, 0.15) is 17.5 Å². The lowest BCUT2D eigenvalue weighted by Gasteiger charge is -2.20. The zero-order valence-corrected chi connectivity index (χ0v) is 13.4. The van der Waals surface area contributed by atoms with Gasteiger partial charge in [-0.15, -0.1) is 0 Å². The lowest BCUT2D eigenvalue weighted by Crippen LogP contribution is -2.19. The van der Waals surface area contributed by atoms with Gasteiger partial charge in [0.15, 0.2) is 0 Å². The minimum Gasteiger partial charge on any atom is -0.375 e. The van der Waals surface area contributed by atoms with E-state index in [2.05, 4.69) is 76.4 Å². The van der Waals surface area contributed by atoms with Gasteiger partial charge in [0.25, 0.3) is 0 Å². The number of nitrogens with zero attached hydrogens (tertiary/aromatic N) is 1. The van der Waals surface area contributed by atoms with E-state index in [9.17, 15) is 0 Å². The van der Waals surface area contributed by atoms with Crippen LogP contribution >= 0.6 is 15.9 Å². The first-order valence-electron chi connectivity index (χ1n) is 6.93. The summed E-state index contributed by atoms with van der Waals surface area (Å²) in [6.07, 6.45) is 2.26. The second-order valence-electron chi connectivity index (χ2n) is 5.03. The van der Waals surface area contributed by atoms with E-state index in [4.69, 9.17) is 5.73 Å². The summed E-state index contributed by atoms with van der Waals surface area (Å²) >= 11 is 3.54. The van der Waals surface area contributed by atoms with E-state index >= 15 is 0 Å². The molecular formula is C17H21BrN2. The van der Waals surface area contributed by atoms with E-state index in [1.807, 2.05) is 0 Å². The number of halogens is 1. The fraction of sp³-hybridized carbons (Fsp3) is 0.294. The Morgan fingerprint density at radius 1 is 1.05 bits per heavy atom. The van der Waals surface area contributed by atoms with Gasteiger partial charge in [-0.1, -0.05) is 46.3 Å². The fourth-order valence-corrected chi connectivity index (χ4v) is 2.79. The predicted molar refractivity (Wildman–Crippen MR) is 90.1 cm³/mol. The van der Waals surface area contributed by atoms with E-state index in [1.54, 1.807) is 0 Å². The number of anilines is 1. The molecule has 0 unspecified atom stereocenters. The molecule has 0 aliphatic rings. The Kier molecular flexibility index (Phi) is 5.62. The van der Waals surface area contributed by atoms with Crippen LogP contribution in [0.15, 0.2) is 53.0 Å². The third-order valence-electron chi connectivity index (χ3n) is 3.42. The molecule has 0 radical (unpaired) electrons. The standard InChI is InChI=1S/C17H21BrN2/c1-20(9-5-8-14-6-3-2-4-7-14)17-11-15(13-19)10-16(18)12-17/h2-4,6-7,10-12H,5,8-9,13,19H2,1H3. The molecule has 0 saturated heterocycles. The number of nitrogens with two attached hydrogens (primary N) is 1. The van der Waals surface area contributed by atoms with Gasteiger partial charge in [-0.2, -0.15) is 0 Å². The third-order valence-corrected chi connectivity index (χ3v) is 3.88. The molecule has 0 bridgehead atoms. The van der Waals surface area contributed by atoms with E-state index in [0.29, 0.717) is 6.54 Å². The molecule has 2 aromatic rings. The number of hydrogen-bond acceptors (Lipinski definition) is 2. The molecule has 0 saturated carbocycles. The van der Waals surface area contributed by atoms with Gasteiger partial charge in [0.2, 0.25) is 0 Å². The van der Waals surface area contributed by atoms with Crippen LogP contribution in [0.25, 0.3) is 0 Å². The molecule has 20 heavy (non-hydrogen) atoms. The van der Waals surface area contributed by atoms with Crippen LogP contribution < -0.4 is 10.6 Å². The normalized spacial score (nSPS) is 10.6. The SMILES string of the molecule is CN(CCCc1ccccc1)c1cc(Br)cc(CN)c1. The van der Waals surface area contributed by atoms with Gasteiger partial charge in [0.1, 0.15) is 0 Å². The lowest BCUT2D eigenvalue weighted by molar-refractivity contribution is 0.785. The van der Waals surface area contributed by atoms with Crippen molar-refractivity contribution in [1.29, 1.82) is 0 Å². The van der Waals surface area contributed by atoms with E-state index in [-0.39, 0.29) is 0 Å². The maximum atomic E-state index is 5.72. The number of aryl methyl sites for hydroxylation is 1. The highest BCUT2D eigenvalue weighted by Crippen LogP contribution is 2.22. The van der Waals surface area contributed by atoms with Gasteiger partial charge in [-0.3, -0.25) is 0 Å². The Morgan fingerprint density at radius 3 is 2.50 bits per heavy atom. The van der Waals surface area contributed by atoms with Gasteiger partial charge in [-0.05, 0) is 42.2 Å². The van der Waals surface area contributed by atoms with Gasteiger partial charge < -0.3 is 10.6 Å². The third kappa shape index (κ3) is 4.36. The second kappa shape index (κ2) is 7.46. The van der Waals surface area contributed by atoms with E-state index < -0.39 is 0 Å². The molecule has 0 atom stereocenters. The lowest BCUT2D eigenvalue weighted by atomic mass is 10.1. The molecule has 0 aromatic heterocycles. The smallest absolute Gasteiger partial charge is 0.0378 e. The molecule has 0 aliphatic carbocycles. The monoisotopic (exact) mass is 332 g/mol. The molecule has 0 fully saturated rings. The fourth-order valence-electron chi connectivity index (χ4n) is 2.27. The average Bonchev–Trinajstić information content (AvgIpc) is 2.47. The molecule has 3 heteroatoms. The first kappa shape index (κ1) is 15.1. The van der Waals surface area contributed by atoms with Crippen LogP contribution in [0.5, 0.6) is 0 Å². The maximum Gasteiger partial charge on any atom is 0.0378 e. The zero-order valence-electron chi connectivity index (χ0n) is 11.8. The molecule has 2 rings (SSSR count). The molecule has 2 aromatic carbocycles. The average molecular weight is 333 g/mol. The molecule has 2 nitrogen and oxygen atoms in total. The minimum absolute atomic E-state index is 0.574. The summed E-state index contributed by atoms with van der Waals surface area (Å²) in [6, 6.07) is 17.0. The second-order valence-corrected chi connectivity index (χ2v) is 5.95. The van der Waals surface area contributed by atoms with Gasteiger partial charge in [0.05, 0.1) is 0 Å². The van der Waals surface area contributed by atoms with Crippen molar-refractivity contribution in [2.45, 2.75) is 19.4 Å². The summed E-state index contributed by atoms with van der Waals surface area (Å²) in [5, 5.41) is 0. The first-order valence-corrected chi connectivity index (χ1v) is 7.73. The Morgan fingerprint density at radius 2 is 1.80 bits per heavy atom. The Balaban J connectivity index is 1.91. The van der Waals surface area contributed by atoms with Crippen LogP contribution in [-0.4, -0.2) is 13.6 Å². The Bertz CT molecular complexity index is 540. The van der Waals surface area contributed by atoms with Crippen molar-refractivity contribution in [3.63, 3.8) is 0 Å². The maximum absolute atomic E-state index is 5.72. The molecule has 106 valence electrons. The molecule has 0 spiro atoms. The van der Waals surface area contributed by atoms with Crippen LogP contribution in [0.2, 0.25) is 0 Å². The Hall–Kier alpha value is -1.32. The highest BCUT2D eigenvalue weighted by Gasteiger charge is 2.04. The van der Waals surface area contributed by atoms with Crippen molar-refractivity contribution in [1.82, 2.24) is 0 Å². The minimum atomic E-state index is 0.574. The quantitative estimate of drug-likeness (QED) is 0.866. The van der Waals surface area contributed by atoms with E-state index in [1.165, 1.54) is 11.3 Å². The molecule has 2 N–H and O–H groups in total. The summed E-state index contributed by atoms with van der Waals surface area (Å²) in [4.78, 5) is 2.28. The zero-order chi connectivity index (χ0) is 14.4. The molecule has 0 amide bonds. The topological polar surface area (TPSA) is 29.3 Å². The van der Waals surface area contributed by atoms with Crippen LogP contribution in [0.4, 0.5) is 5.69 Å². The summed E-state index contributed by atoms with van der Waals surface area (Å²) in [7, 11) is 2.13. The van der Waals surface area contributed by atoms with Crippen molar-refractivity contribution in [2.24, 2.45) is 5.73 Å². The predicted octanol–water partition coefficient (Wildman–Crippen LogP) is 3.98. The number of benzene rings is 2. The van der Waals surface area contributed by atoms with Crippen molar-refractivity contribution in [3.05, 3.63) is 64.1 Å². The van der Waals surface area contributed by atoms with Gasteiger partial charge >= 0.3 is 0 Å². The first-order chi connectivity index (χ1) is 9.69. The van der Waals surface area contributed by atoms with Crippen LogP contribution in [0, 0.1) is 0 Å². The van der Waals surface area contributed by atoms with Crippen molar-refractivity contribution in [3.8, 4) is 0 Å². The summed E-state index contributed by atoms with van der Waals surface area (Å²) < 4.78 is 1.09. The van der Waals surface area contributed by atoms with Crippen molar-refractivity contribution < 1.29 is 0 Å². The largest absolute Gasteiger partial charge is 0.375 e. The number of hydrogen-bond donors (Lipinski definition) is 1. The summed E-state index contributed by atoms with van der Waals surface area (Å²) in [5.41, 5.74) is 9.50. The molecule has 0 aliphatic heterocycles. The van der Waals surface area contributed by atoms with Gasteiger partial charge in [0, 0.05) is 30.3 Å². The van der Waals surface area contributed by atoms with Crippen LogP contribution in [0.3, 0.4) is 0 Å². The highest BCUT2D eigenvalue weighted by molar-refractivity contribution is 9.10.